The third-order valence-electron chi connectivity index (χ3n) is 7.00. The largest absolute Gasteiger partial charge is 0.508 e. The van der Waals surface area contributed by atoms with E-state index in [1.807, 2.05) is 62.2 Å². The molecule has 44 heavy (non-hydrogen) atoms. The van der Waals surface area contributed by atoms with Crippen LogP contribution in [0.5, 0.6) is 34.5 Å². The minimum Gasteiger partial charge on any atom is -0.508 e. The lowest BCUT2D eigenvalue weighted by molar-refractivity contribution is 0.0774. The second-order valence-electron chi connectivity index (χ2n) is 10.6. The maximum atomic E-state index is 12.5. The molecule has 1 saturated heterocycles. The highest BCUT2D eigenvalue weighted by atomic mass is 16.5. The second-order valence-corrected chi connectivity index (χ2v) is 10.6. The third-order valence-corrected chi connectivity index (χ3v) is 7.00. The van der Waals surface area contributed by atoms with Crippen molar-refractivity contribution in [1.29, 1.82) is 0 Å². The number of benzene rings is 3. The Labute approximate surface area is 263 Å². The van der Waals surface area contributed by atoms with E-state index in [-0.39, 0.29) is 17.7 Å². The maximum Gasteiger partial charge on any atom is 0.256 e. The van der Waals surface area contributed by atoms with E-state index in [0.29, 0.717) is 34.2 Å². The van der Waals surface area contributed by atoms with Crippen molar-refractivity contribution in [3.05, 3.63) is 65.7 Å². The van der Waals surface area contributed by atoms with E-state index >= 15 is 0 Å². The molecule has 8 nitrogen and oxygen atoms in total. The van der Waals surface area contributed by atoms with Gasteiger partial charge < -0.3 is 29.0 Å². The topological polar surface area (TPSA) is 89.8 Å². The molecule has 0 aromatic heterocycles. The summed E-state index contributed by atoms with van der Waals surface area (Å²) in [6, 6.07) is 15.9. The second kappa shape index (κ2) is 18.5. The molecule has 1 atom stereocenters. The van der Waals surface area contributed by atoms with E-state index in [9.17, 15) is 9.90 Å². The normalized spacial score (nSPS) is 14.4. The standard InChI is InChI=1S/C14H16N2O3.C14H14O3.C6H14.C2H6/c1-18-12-6-10-11(7-13(12)19-2)15-8-9-4-3-5-16(9)14(10)17;1-10-3-4-11(15)9-14(10)17-13-7-5-12(16-2)6-8-13;1-4-5-6(2)3;1-2/h6-9H,3-5H2,1-2H3;3-9,15H,1-2H3;6H,4-5H2,1-3H3;1-2H3. The number of carbonyl (C=O) groups is 1. The van der Waals surface area contributed by atoms with Crippen LogP contribution in [0, 0.1) is 12.8 Å². The van der Waals surface area contributed by atoms with Crippen LogP contribution in [0.25, 0.3) is 0 Å². The average molecular weight is 607 g/mol. The quantitative estimate of drug-likeness (QED) is 0.289. The number of hydrogen-bond donors (Lipinski definition) is 1. The lowest BCUT2D eigenvalue weighted by Gasteiger charge is -2.20. The van der Waals surface area contributed by atoms with Crippen LogP contribution in [-0.2, 0) is 0 Å². The minimum atomic E-state index is 0.0240. The van der Waals surface area contributed by atoms with E-state index < -0.39 is 0 Å². The fourth-order valence-electron chi connectivity index (χ4n) is 4.71. The van der Waals surface area contributed by atoms with Gasteiger partial charge in [-0.3, -0.25) is 9.79 Å². The van der Waals surface area contributed by atoms with Crippen LogP contribution >= 0.6 is 0 Å². The summed E-state index contributed by atoms with van der Waals surface area (Å²) in [5, 5.41) is 9.40. The number of aliphatic imine (C=N–C) groups is 1. The van der Waals surface area contributed by atoms with Crippen LogP contribution in [-0.4, -0.2) is 56.0 Å². The number of fused-ring (bicyclic) bond motifs is 2. The van der Waals surface area contributed by atoms with Gasteiger partial charge in [-0.05, 0) is 67.6 Å². The molecule has 5 rings (SSSR count). The Kier molecular flexibility index (Phi) is 15.1. The number of carbonyl (C=O) groups excluding carboxylic acids is 1. The monoisotopic (exact) mass is 606 g/mol. The lowest BCUT2D eigenvalue weighted by atomic mass is 10.1. The van der Waals surface area contributed by atoms with Gasteiger partial charge in [0, 0.05) is 24.9 Å². The molecule has 2 heterocycles. The van der Waals surface area contributed by atoms with Crippen molar-refractivity contribution < 1.29 is 28.8 Å². The number of hydrogen-bond acceptors (Lipinski definition) is 7. The average Bonchev–Trinajstić information content (AvgIpc) is 3.47. The summed E-state index contributed by atoms with van der Waals surface area (Å²) in [6.45, 7) is 13.5. The Morgan fingerprint density at radius 1 is 0.909 bits per heavy atom. The van der Waals surface area contributed by atoms with Gasteiger partial charge in [-0.25, -0.2) is 0 Å². The van der Waals surface area contributed by atoms with Gasteiger partial charge >= 0.3 is 0 Å². The Bertz CT molecular complexity index is 1340. The molecule has 2 aliphatic rings. The van der Waals surface area contributed by atoms with Crippen LogP contribution in [0.3, 0.4) is 0 Å². The highest BCUT2D eigenvalue weighted by molar-refractivity contribution is 6.03. The lowest BCUT2D eigenvalue weighted by Crippen LogP contribution is -2.35. The highest BCUT2D eigenvalue weighted by Gasteiger charge is 2.32. The molecule has 3 aromatic carbocycles. The van der Waals surface area contributed by atoms with E-state index in [4.69, 9.17) is 18.9 Å². The number of phenols is 1. The van der Waals surface area contributed by atoms with Gasteiger partial charge in [-0.1, -0.05) is 53.5 Å². The number of amides is 1. The predicted octanol–water partition coefficient (Wildman–Crippen LogP) is 8.99. The number of phenolic OH excluding ortho intramolecular Hbond substituents is 1. The summed E-state index contributed by atoms with van der Waals surface area (Å²) in [5.74, 6) is 4.40. The highest BCUT2D eigenvalue weighted by Crippen LogP contribution is 2.37. The first kappa shape index (κ1) is 36.0. The maximum absolute atomic E-state index is 12.5. The summed E-state index contributed by atoms with van der Waals surface area (Å²) in [7, 11) is 4.76. The van der Waals surface area contributed by atoms with E-state index in [2.05, 4.69) is 25.8 Å². The summed E-state index contributed by atoms with van der Waals surface area (Å²) < 4.78 is 21.2. The van der Waals surface area contributed by atoms with Crippen molar-refractivity contribution in [1.82, 2.24) is 4.90 Å². The third kappa shape index (κ3) is 10.2. The first-order valence-electron chi connectivity index (χ1n) is 15.4. The molecule has 3 aromatic rings. The van der Waals surface area contributed by atoms with Gasteiger partial charge in [0.25, 0.3) is 5.91 Å². The van der Waals surface area contributed by atoms with Gasteiger partial charge in [-0.2, -0.15) is 0 Å². The first-order valence-corrected chi connectivity index (χ1v) is 15.4. The van der Waals surface area contributed by atoms with Crippen molar-refractivity contribution in [2.24, 2.45) is 10.9 Å². The summed E-state index contributed by atoms with van der Waals surface area (Å²) in [5.41, 5.74) is 2.20. The fourth-order valence-corrected chi connectivity index (χ4v) is 4.71. The van der Waals surface area contributed by atoms with Crippen molar-refractivity contribution in [3.63, 3.8) is 0 Å². The molecule has 1 N–H and O–H groups in total. The molecule has 1 amide bonds. The van der Waals surface area contributed by atoms with Gasteiger partial charge in [0.2, 0.25) is 0 Å². The molecule has 1 unspecified atom stereocenters. The Balaban J connectivity index is 0.000000249. The summed E-state index contributed by atoms with van der Waals surface area (Å²) in [6.07, 6.45) is 6.59. The number of methoxy groups -OCH3 is 3. The molecular formula is C36H50N2O6. The van der Waals surface area contributed by atoms with E-state index in [0.717, 1.165) is 36.6 Å². The minimum absolute atomic E-state index is 0.0240. The first-order chi connectivity index (χ1) is 21.2. The molecule has 1 fully saturated rings. The van der Waals surface area contributed by atoms with Crippen molar-refractivity contribution in [2.45, 2.75) is 73.3 Å². The molecular weight excluding hydrogens is 556 g/mol. The van der Waals surface area contributed by atoms with Gasteiger partial charge in [0.15, 0.2) is 11.5 Å². The smallest absolute Gasteiger partial charge is 0.256 e. The Hall–Kier alpha value is -4.20. The fraction of sp³-hybridized carbons (Fsp3) is 0.444. The van der Waals surface area contributed by atoms with Crippen molar-refractivity contribution in [3.8, 4) is 34.5 Å². The van der Waals surface area contributed by atoms with E-state index in [1.165, 1.54) is 12.8 Å². The number of ether oxygens (including phenoxy) is 4. The molecule has 0 aliphatic carbocycles. The molecule has 2 aliphatic heterocycles. The van der Waals surface area contributed by atoms with Crippen molar-refractivity contribution >= 4 is 17.8 Å². The molecule has 0 bridgehead atoms. The zero-order valence-corrected chi connectivity index (χ0v) is 27.8. The van der Waals surface area contributed by atoms with Crippen LogP contribution in [0.4, 0.5) is 5.69 Å². The van der Waals surface area contributed by atoms with E-state index in [1.54, 1.807) is 45.6 Å². The van der Waals surface area contributed by atoms with Gasteiger partial charge in [-0.15, -0.1) is 0 Å². The summed E-state index contributed by atoms with van der Waals surface area (Å²) >= 11 is 0. The molecule has 240 valence electrons. The number of aryl methyl sites for hydroxylation is 1. The zero-order valence-electron chi connectivity index (χ0n) is 27.8. The number of aromatic hydroxyl groups is 1. The summed E-state index contributed by atoms with van der Waals surface area (Å²) in [4.78, 5) is 18.9. The Morgan fingerprint density at radius 2 is 1.55 bits per heavy atom. The predicted molar refractivity (Wildman–Crippen MR) is 179 cm³/mol. The molecule has 8 heteroatoms. The van der Waals surface area contributed by atoms with Gasteiger partial charge in [0.1, 0.15) is 23.0 Å². The zero-order chi connectivity index (χ0) is 32.6. The Morgan fingerprint density at radius 3 is 2.11 bits per heavy atom. The van der Waals surface area contributed by atoms with Crippen LogP contribution in [0.2, 0.25) is 0 Å². The molecule has 0 spiro atoms. The van der Waals surface area contributed by atoms with Crippen LogP contribution in [0.1, 0.15) is 76.2 Å². The van der Waals surface area contributed by atoms with Crippen LogP contribution in [0.15, 0.2) is 59.6 Å². The SMILES string of the molecule is CC.CCCC(C)C.COc1cc2c(cc1OC)C(=O)N1CCCC1C=N2.COc1ccc(Oc2cc(O)ccc2C)cc1. The van der Waals surface area contributed by atoms with Gasteiger partial charge in [0.05, 0.1) is 38.6 Å². The van der Waals surface area contributed by atoms with Crippen LogP contribution < -0.4 is 18.9 Å². The number of nitrogens with zero attached hydrogens (tertiary/aromatic N) is 2. The molecule has 0 saturated carbocycles. The molecule has 0 radical (unpaired) electrons. The number of rotatable bonds is 7. The van der Waals surface area contributed by atoms with Crippen molar-refractivity contribution in [2.75, 3.05) is 27.9 Å².